The molecule has 6 nitrogen and oxygen atoms in total. The van der Waals surface area contributed by atoms with Crippen LogP contribution in [0.4, 0.5) is 27.6 Å². The van der Waals surface area contributed by atoms with Crippen molar-refractivity contribution < 1.29 is 41.3 Å². The van der Waals surface area contributed by atoms with Crippen molar-refractivity contribution >= 4 is 11.6 Å². The number of rotatable bonds is 7. The Bertz CT molecular complexity index is 1600. The van der Waals surface area contributed by atoms with Crippen molar-refractivity contribution in [2.45, 2.75) is 77.6 Å². The van der Waals surface area contributed by atoms with Gasteiger partial charge in [0.15, 0.2) is 29.6 Å². The molecule has 2 saturated heterocycles. The van der Waals surface area contributed by atoms with E-state index in [1.54, 1.807) is 12.1 Å². The molecular weight excluding hydrogens is 607 g/mol. The molecular formula is C35H37F5N2O4. The van der Waals surface area contributed by atoms with Crippen molar-refractivity contribution in [2.24, 2.45) is 10.8 Å². The molecule has 2 N–H and O–H groups in total. The average Bonchev–Trinajstić information content (AvgIpc) is 3.26. The van der Waals surface area contributed by atoms with E-state index in [0.29, 0.717) is 24.6 Å². The van der Waals surface area contributed by atoms with Gasteiger partial charge < -0.3 is 19.9 Å². The van der Waals surface area contributed by atoms with Crippen molar-refractivity contribution in [1.82, 2.24) is 4.90 Å². The zero-order valence-electron chi connectivity index (χ0n) is 25.9. The summed E-state index contributed by atoms with van der Waals surface area (Å²) < 4.78 is 82.5. The maximum atomic E-state index is 14.3. The van der Waals surface area contributed by atoms with Gasteiger partial charge >= 0.3 is 0 Å². The summed E-state index contributed by atoms with van der Waals surface area (Å²) in [7, 11) is 0. The Morgan fingerprint density at radius 1 is 0.913 bits per heavy atom. The lowest BCUT2D eigenvalue weighted by Gasteiger charge is -2.41. The van der Waals surface area contributed by atoms with E-state index in [0.717, 1.165) is 36.9 Å². The number of hydrogen-bond donors (Lipinski definition) is 2. The minimum absolute atomic E-state index is 0.0492. The second-order valence-electron chi connectivity index (χ2n) is 14.0. The molecule has 46 heavy (non-hydrogen) atoms. The largest absolute Gasteiger partial charge is 0.392 e. The fourth-order valence-corrected chi connectivity index (χ4v) is 7.85. The third kappa shape index (κ3) is 6.43. The van der Waals surface area contributed by atoms with Crippen LogP contribution in [0.25, 0.3) is 0 Å². The monoisotopic (exact) mass is 644 g/mol. The Morgan fingerprint density at radius 3 is 2.26 bits per heavy atom. The first-order chi connectivity index (χ1) is 21.8. The van der Waals surface area contributed by atoms with E-state index in [4.69, 9.17) is 9.47 Å². The first-order valence-electron chi connectivity index (χ1n) is 15.4. The number of nitrogens with zero attached hydrogens (tertiary/aromatic N) is 1. The molecule has 1 saturated carbocycles. The summed E-state index contributed by atoms with van der Waals surface area (Å²) in [4.78, 5) is 15.2. The summed E-state index contributed by atoms with van der Waals surface area (Å²) in [5.74, 6) is -12.7. The predicted molar refractivity (Wildman–Crippen MR) is 160 cm³/mol. The van der Waals surface area contributed by atoms with Gasteiger partial charge in [-0.3, -0.25) is 9.69 Å². The lowest BCUT2D eigenvalue weighted by Crippen LogP contribution is -2.42. The molecule has 11 heteroatoms. The van der Waals surface area contributed by atoms with E-state index < -0.39 is 46.8 Å². The topological polar surface area (TPSA) is 71.0 Å². The third-order valence-corrected chi connectivity index (χ3v) is 9.43. The maximum absolute atomic E-state index is 14.3. The Morgan fingerprint density at radius 2 is 1.59 bits per heavy atom. The van der Waals surface area contributed by atoms with Gasteiger partial charge in [-0.25, -0.2) is 22.0 Å². The standard InChI is InChI=1S/C35H37F5N2O4/c1-34(2)13-23-14-35(3,17-34)18-42(23)15-24-12-25(20-9-7-19(16-43)8-10-20)46-33(45-24)21-5-4-6-22(11-21)41-32(44)26-27(36)29(38)31(40)30(39)28(26)37/h4-11,23-25,33,43H,12-18H2,1-3H3,(H,41,44)/t23?,24-,25+,33+,35?/m1/s1. The fraction of sp³-hybridized carbons (Fsp3) is 0.457. The highest BCUT2D eigenvalue weighted by atomic mass is 19.2. The molecule has 246 valence electrons. The number of likely N-dealkylation sites (tertiary alicyclic amines) is 1. The number of benzene rings is 3. The number of fused-ring (bicyclic) bond motifs is 2. The van der Waals surface area contributed by atoms with Gasteiger partial charge in [-0.15, -0.1) is 0 Å². The van der Waals surface area contributed by atoms with Crippen LogP contribution in [0.15, 0.2) is 48.5 Å². The maximum Gasteiger partial charge on any atom is 0.261 e. The summed E-state index contributed by atoms with van der Waals surface area (Å²) in [5.41, 5.74) is 1.12. The molecule has 1 amide bonds. The number of carbonyl (C=O) groups excluding carboxylic acids is 1. The number of nitrogens with one attached hydrogen (secondary N) is 1. The van der Waals surface area contributed by atoms with Gasteiger partial charge in [-0.1, -0.05) is 57.2 Å². The molecule has 2 heterocycles. The first kappa shape index (κ1) is 32.6. The molecule has 2 bridgehead atoms. The Labute approximate surface area is 264 Å². The summed E-state index contributed by atoms with van der Waals surface area (Å²) in [5, 5.41) is 11.8. The molecule has 2 unspecified atom stereocenters. The van der Waals surface area contributed by atoms with E-state index in [2.05, 4.69) is 31.0 Å². The van der Waals surface area contributed by atoms with Crippen molar-refractivity contribution in [3.05, 3.63) is 99.9 Å². The van der Waals surface area contributed by atoms with Gasteiger partial charge in [-0.2, -0.15) is 0 Å². The van der Waals surface area contributed by atoms with Crippen LogP contribution in [0.1, 0.15) is 85.9 Å². The highest BCUT2D eigenvalue weighted by Crippen LogP contribution is 2.53. The average molecular weight is 645 g/mol. The molecule has 0 aromatic heterocycles. The van der Waals surface area contributed by atoms with Crippen molar-refractivity contribution in [3.63, 3.8) is 0 Å². The number of carbonyl (C=O) groups is 1. The zero-order chi connectivity index (χ0) is 33.0. The van der Waals surface area contributed by atoms with E-state index in [1.165, 1.54) is 12.1 Å². The number of anilines is 1. The number of hydrogen-bond acceptors (Lipinski definition) is 5. The molecule has 3 aromatic carbocycles. The van der Waals surface area contributed by atoms with Crippen LogP contribution < -0.4 is 5.32 Å². The summed E-state index contributed by atoms with van der Waals surface area (Å²) in [6, 6.07) is 14.1. The van der Waals surface area contributed by atoms with Crippen LogP contribution in [0.2, 0.25) is 0 Å². The lowest BCUT2D eigenvalue weighted by atomic mass is 9.65. The van der Waals surface area contributed by atoms with Gasteiger partial charge in [0, 0.05) is 36.8 Å². The van der Waals surface area contributed by atoms with Crippen LogP contribution in [0.3, 0.4) is 0 Å². The van der Waals surface area contributed by atoms with E-state index >= 15 is 0 Å². The van der Waals surface area contributed by atoms with E-state index in [9.17, 15) is 31.9 Å². The zero-order valence-corrected chi connectivity index (χ0v) is 25.9. The van der Waals surface area contributed by atoms with Crippen molar-refractivity contribution in [2.75, 3.05) is 18.4 Å². The van der Waals surface area contributed by atoms with E-state index in [1.807, 2.05) is 24.3 Å². The molecule has 3 fully saturated rings. The molecule has 0 radical (unpaired) electrons. The third-order valence-electron chi connectivity index (χ3n) is 9.43. The van der Waals surface area contributed by atoms with Crippen LogP contribution >= 0.6 is 0 Å². The highest BCUT2D eigenvalue weighted by Gasteiger charge is 2.50. The second kappa shape index (κ2) is 12.3. The molecule has 5 atom stereocenters. The number of amides is 1. The highest BCUT2D eigenvalue weighted by molar-refractivity contribution is 6.04. The molecule has 6 rings (SSSR count). The number of aliphatic hydroxyl groups is 1. The lowest BCUT2D eigenvalue weighted by molar-refractivity contribution is -0.253. The Hall–Kier alpha value is -3.38. The quantitative estimate of drug-likeness (QED) is 0.158. The molecule has 3 aliphatic rings. The normalized spacial score (nSPS) is 27.5. The van der Waals surface area contributed by atoms with Gasteiger partial charge in [0.25, 0.3) is 5.91 Å². The van der Waals surface area contributed by atoms with Crippen LogP contribution in [-0.2, 0) is 16.1 Å². The van der Waals surface area contributed by atoms with Gasteiger partial charge in [0.2, 0.25) is 5.82 Å². The van der Waals surface area contributed by atoms with Gasteiger partial charge in [-0.05, 0) is 53.4 Å². The van der Waals surface area contributed by atoms with Crippen molar-refractivity contribution in [3.8, 4) is 0 Å². The summed E-state index contributed by atoms with van der Waals surface area (Å²) >= 11 is 0. The summed E-state index contributed by atoms with van der Waals surface area (Å²) in [6.45, 7) is 8.58. The number of halogens is 5. The fourth-order valence-electron chi connectivity index (χ4n) is 7.85. The minimum atomic E-state index is -2.34. The van der Waals surface area contributed by atoms with E-state index in [-0.39, 0.29) is 35.3 Å². The number of ether oxygens (including phenoxy) is 2. The molecule has 1 aliphatic carbocycles. The van der Waals surface area contributed by atoms with Crippen molar-refractivity contribution in [1.29, 1.82) is 0 Å². The summed E-state index contributed by atoms with van der Waals surface area (Å²) in [6.07, 6.45) is 2.51. The number of aliphatic hydroxyl groups excluding tert-OH is 1. The van der Waals surface area contributed by atoms with Crippen LogP contribution in [-0.4, -0.2) is 41.1 Å². The van der Waals surface area contributed by atoms with Gasteiger partial charge in [0.1, 0.15) is 5.56 Å². The molecule has 3 aromatic rings. The Kier molecular flexibility index (Phi) is 8.73. The minimum Gasteiger partial charge on any atom is -0.392 e. The Balaban J connectivity index is 1.25. The van der Waals surface area contributed by atoms with Crippen LogP contribution in [0, 0.1) is 39.9 Å². The second-order valence-corrected chi connectivity index (χ2v) is 14.0. The predicted octanol–water partition coefficient (Wildman–Crippen LogP) is 7.57. The smallest absolute Gasteiger partial charge is 0.261 e. The molecule has 2 aliphatic heterocycles. The van der Waals surface area contributed by atoms with Crippen LogP contribution in [0.5, 0.6) is 0 Å². The van der Waals surface area contributed by atoms with Gasteiger partial charge in [0.05, 0.1) is 18.8 Å². The molecule has 0 spiro atoms. The SMILES string of the molecule is CC1(C)CC2CC(C)(CN2C[C@H]2C[C@@H](c3ccc(CO)cc3)O[C@@H](c3cccc(NC(=O)c4c(F)c(F)c(F)c(F)c4F)c3)O2)C1. The first-order valence-corrected chi connectivity index (χ1v) is 15.4.